The number of aromatic nitrogens is 1. The van der Waals surface area contributed by atoms with E-state index in [9.17, 15) is 4.79 Å². The van der Waals surface area contributed by atoms with E-state index in [1.165, 1.54) is 13.2 Å². The topological polar surface area (TPSA) is 39.2 Å². The van der Waals surface area contributed by atoms with Gasteiger partial charge in [0, 0.05) is 12.3 Å². The molecule has 0 fully saturated rings. The standard InChI is InChI=1S/C9H9NO2.ClH/c1-12-9(11)6-5-8-4-2-3-7-10-8;/h2-7H,1H3;1H. The molecular formula is C9H10ClNO2. The number of carbonyl (C=O) groups excluding carboxylic acids is 1. The minimum Gasteiger partial charge on any atom is -0.466 e. The van der Waals surface area contributed by atoms with Gasteiger partial charge in [-0.15, -0.1) is 12.4 Å². The monoisotopic (exact) mass is 199 g/mol. The van der Waals surface area contributed by atoms with Gasteiger partial charge in [0.15, 0.2) is 0 Å². The maximum Gasteiger partial charge on any atom is 0.330 e. The van der Waals surface area contributed by atoms with Gasteiger partial charge >= 0.3 is 5.97 Å². The Balaban J connectivity index is 0.00000144. The number of ether oxygens (including phenoxy) is 1. The Morgan fingerprint density at radius 1 is 1.54 bits per heavy atom. The summed E-state index contributed by atoms with van der Waals surface area (Å²) in [5.41, 5.74) is 0.739. The molecule has 13 heavy (non-hydrogen) atoms. The van der Waals surface area contributed by atoms with E-state index in [0.717, 1.165) is 5.69 Å². The van der Waals surface area contributed by atoms with Gasteiger partial charge in [-0.3, -0.25) is 4.98 Å². The summed E-state index contributed by atoms with van der Waals surface area (Å²) in [5, 5.41) is 0. The van der Waals surface area contributed by atoms with E-state index >= 15 is 0 Å². The molecule has 0 aliphatic carbocycles. The summed E-state index contributed by atoms with van der Waals surface area (Å²) >= 11 is 0. The van der Waals surface area contributed by atoms with Crippen LogP contribution in [-0.4, -0.2) is 18.1 Å². The van der Waals surface area contributed by atoms with E-state index in [4.69, 9.17) is 0 Å². The van der Waals surface area contributed by atoms with E-state index in [1.54, 1.807) is 18.3 Å². The molecular weight excluding hydrogens is 190 g/mol. The largest absolute Gasteiger partial charge is 0.466 e. The summed E-state index contributed by atoms with van der Waals surface area (Å²) in [7, 11) is 1.34. The van der Waals surface area contributed by atoms with Gasteiger partial charge in [0.2, 0.25) is 0 Å². The van der Waals surface area contributed by atoms with Crippen LogP contribution in [0.2, 0.25) is 0 Å². The van der Waals surface area contributed by atoms with Crippen LogP contribution in [0.1, 0.15) is 5.69 Å². The van der Waals surface area contributed by atoms with Gasteiger partial charge in [0.05, 0.1) is 12.8 Å². The maximum absolute atomic E-state index is 10.6. The smallest absolute Gasteiger partial charge is 0.330 e. The first kappa shape index (κ1) is 11.6. The van der Waals surface area contributed by atoms with Crippen molar-refractivity contribution in [3.05, 3.63) is 36.2 Å². The van der Waals surface area contributed by atoms with Crippen molar-refractivity contribution in [3.8, 4) is 0 Å². The highest BCUT2D eigenvalue weighted by atomic mass is 35.5. The van der Waals surface area contributed by atoms with Gasteiger partial charge < -0.3 is 4.74 Å². The summed E-state index contributed by atoms with van der Waals surface area (Å²) in [6.45, 7) is 0. The average Bonchev–Trinajstić information content (AvgIpc) is 2.16. The molecule has 1 rings (SSSR count). The molecule has 4 heteroatoms. The van der Waals surface area contributed by atoms with Gasteiger partial charge in [-0.2, -0.15) is 0 Å². The summed E-state index contributed by atoms with van der Waals surface area (Å²) in [5.74, 6) is -0.374. The van der Waals surface area contributed by atoms with E-state index in [2.05, 4.69) is 9.72 Å². The van der Waals surface area contributed by atoms with Crippen LogP contribution in [-0.2, 0) is 9.53 Å². The lowest BCUT2D eigenvalue weighted by molar-refractivity contribution is -0.134. The molecule has 0 saturated carbocycles. The molecule has 0 bridgehead atoms. The van der Waals surface area contributed by atoms with Crippen LogP contribution in [0.4, 0.5) is 0 Å². The third-order valence-electron chi connectivity index (χ3n) is 1.28. The molecule has 1 aromatic heterocycles. The summed E-state index contributed by atoms with van der Waals surface area (Å²) < 4.78 is 4.42. The van der Waals surface area contributed by atoms with Gasteiger partial charge in [-0.1, -0.05) is 6.07 Å². The Morgan fingerprint density at radius 2 is 2.31 bits per heavy atom. The molecule has 0 N–H and O–H groups in total. The molecule has 1 heterocycles. The second-order valence-electron chi connectivity index (χ2n) is 2.11. The minimum atomic E-state index is -0.374. The number of halogens is 1. The Kier molecular flexibility index (Phi) is 5.55. The minimum absolute atomic E-state index is 0. The Hall–Kier alpha value is -1.35. The SMILES string of the molecule is COC(=O)C=Cc1ccccn1.Cl. The summed E-state index contributed by atoms with van der Waals surface area (Å²) in [6, 6.07) is 5.47. The van der Waals surface area contributed by atoms with Crippen LogP contribution in [0.5, 0.6) is 0 Å². The van der Waals surface area contributed by atoms with E-state index in [-0.39, 0.29) is 18.4 Å². The zero-order valence-corrected chi connectivity index (χ0v) is 7.95. The lowest BCUT2D eigenvalue weighted by Gasteiger charge is -1.90. The highest BCUT2D eigenvalue weighted by Crippen LogP contribution is 1.95. The van der Waals surface area contributed by atoms with Crippen molar-refractivity contribution in [1.82, 2.24) is 4.98 Å². The first-order valence-electron chi connectivity index (χ1n) is 3.50. The quantitative estimate of drug-likeness (QED) is 0.538. The number of rotatable bonds is 2. The lowest BCUT2D eigenvalue weighted by atomic mass is 10.3. The van der Waals surface area contributed by atoms with Crippen LogP contribution in [0.3, 0.4) is 0 Å². The molecule has 0 spiro atoms. The first-order valence-corrected chi connectivity index (χ1v) is 3.50. The van der Waals surface area contributed by atoms with Crippen molar-refractivity contribution in [2.24, 2.45) is 0 Å². The van der Waals surface area contributed by atoms with Gasteiger partial charge in [-0.05, 0) is 18.2 Å². The number of nitrogens with zero attached hydrogens (tertiary/aromatic N) is 1. The van der Waals surface area contributed by atoms with Crippen LogP contribution >= 0.6 is 12.4 Å². The number of carbonyl (C=O) groups is 1. The van der Waals surface area contributed by atoms with Crippen LogP contribution in [0.15, 0.2) is 30.5 Å². The number of pyridine rings is 1. The van der Waals surface area contributed by atoms with Crippen LogP contribution in [0, 0.1) is 0 Å². The molecule has 0 aliphatic rings. The van der Waals surface area contributed by atoms with Gasteiger partial charge in [0.25, 0.3) is 0 Å². The van der Waals surface area contributed by atoms with Crippen LogP contribution < -0.4 is 0 Å². The molecule has 0 amide bonds. The Morgan fingerprint density at radius 3 is 2.85 bits per heavy atom. The predicted molar refractivity (Wildman–Crippen MR) is 52.5 cm³/mol. The fourth-order valence-electron chi connectivity index (χ4n) is 0.696. The zero-order chi connectivity index (χ0) is 8.81. The summed E-state index contributed by atoms with van der Waals surface area (Å²) in [4.78, 5) is 14.6. The van der Waals surface area contributed by atoms with Crippen LogP contribution in [0.25, 0.3) is 6.08 Å². The molecule has 1 aromatic rings. The number of hydrogen-bond acceptors (Lipinski definition) is 3. The highest BCUT2D eigenvalue weighted by molar-refractivity contribution is 5.86. The molecule has 3 nitrogen and oxygen atoms in total. The highest BCUT2D eigenvalue weighted by Gasteiger charge is 1.90. The lowest BCUT2D eigenvalue weighted by Crippen LogP contribution is -1.93. The predicted octanol–water partition coefficient (Wildman–Crippen LogP) is 1.69. The molecule has 70 valence electrons. The van der Waals surface area contributed by atoms with Crippen molar-refractivity contribution in [1.29, 1.82) is 0 Å². The fourth-order valence-corrected chi connectivity index (χ4v) is 0.696. The molecule has 0 aromatic carbocycles. The van der Waals surface area contributed by atoms with E-state index in [1.807, 2.05) is 12.1 Å². The normalized spacial score (nSPS) is 9.31. The Bertz CT molecular complexity index is 285. The first-order chi connectivity index (χ1) is 5.83. The molecule has 0 atom stereocenters. The maximum atomic E-state index is 10.6. The van der Waals surface area contributed by atoms with Gasteiger partial charge in [-0.25, -0.2) is 4.79 Å². The Labute approximate surface area is 82.8 Å². The number of esters is 1. The third-order valence-corrected chi connectivity index (χ3v) is 1.28. The zero-order valence-electron chi connectivity index (χ0n) is 7.14. The van der Waals surface area contributed by atoms with Gasteiger partial charge in [0.1, 0.15) is 0 Å². The van der Waals surface area contributed by atoms with E-state index < -0.39 is 0 Å². The number of hydrogen-bond donors (Lipinski definition) is 0. The van der Waals surface area contributed by atoms with Crippen molar-refractivity contribution in [2.75, 3.05) is 7.11 Å². The second-order valence-corrected chi connectivity index (χ2v) is 2.11. The van der Waals surface area contributed by atoms with Crippen molar-refractivity contribution in [3.63, 3.8) is 0 Å². The van der Waals surface area contributed by atoms with Crippen molar-refractivity contribution in [2.45, 2.75) is 0 Å². The average molecular weight is 200 g/mol. The molecule has 0 radical (unpaired) electrons. The number of methoxy groups -OCH3 is 1. The van der Waals surface area contributed by atoms with Crippen molar-refractivity contribution >= 4 is 24.5 Å². The van der Waals surface area contributed by atoms with Crippen molar-refractivity contribution < 1.29 is 9.53 Å². The molecule has 0 unspecified atom stereocenters. The second kappa shape index (κ2) is 6.20. The third kappa shape index (κ3) is 4.28. The fraction of sp³-hybridized carbons (Fsp3) is 0.111. The summed E-state index contributed by atoms with van der Waals surface area (Å²) in [6.07, 6.45) is 4.60. The molecule has 0 saturated heterocycles. The van der Waals surface area contributed by atoms with E-state index in [0.29, 0.717) is 0 Å². The molecule has 0 aliphatic heterocycles.